The van der Waals surface area contributed by atoms with E-state index in [4.69, 9.17) is 0 Å². The fourth-order valence-electron chi connectivity index (χ4n) is 6.05. The standard InChI is InChI=1S/C21H27IN2O2/c1-13(21-9-14-6-15(10-21)8-16(7-14)11-21)24-19(25)12-23-20(26)17-4-2-3-5-18(17)22/h2-5,13-16H,6-12H2,1H3,(H,23,26)(H,24,25). The van der Waals surface area contributed by atoms with Gasteiger partial charge in [-0.1, -0.05) is 12.1 Å². The van der Waals surface area contributed by atoms with Crippen LogP contribution in [-0.4, -0.2) is 24.4 Å². The Hall–Kier alpha value is -1.11. The lowest BCUT2D eigenvalue weighted by Gasteiger charge is -2.59. The third-order valence-corrected chi connectivity index (χ3v) is 7.85. The second kappa shape index (κ2) is 7.13. The summed E-state index contributed by atoms with van der Waals surface area (Å²) in [4.78, 5) is 24.7. The van der Waals surface area contributed by atoms with Crippen LogP contribution in [0.25, 0.3) is 0 Å². The summed E-state index contributed by atoms with van der Waals surface area (Å²) in [6, 6.07) is 7.61. The lowest BCUT2D eigenvalue weighted by Crippen LogP contribution is -2.56. The van der Waals surface area contributed by atoms with Gasteiger partial charge in [0.25, 0.3) is 5.91 Å². The Labute approximate surface area is 169 Å². The van der Waals surface area contributed by atoms with Gasteiger partial charge in [-0.3, -0.25) is 9.59 Å². The summed E-state index contributed by atoms with van der Waals surface area (Å²) in [7, 11) is 0. The molecule has 140 valence electrons. The normalized spacial score (nSPS) is 32.9. The molecule has 4 aliphatic carbocycles. The average Bonchev–Trinajstić information content (AvgIpc) is 2.59. The maximum absolute atomic E-state index is 12.4. The van der Waals surface area contributed by atoms with Gasteiger partial charge in [0.2, 0.25) is 5.91 Å². The molecular weight excluding hydrogens is 439 g/mol. The SMILES string of the molecule is CC(NC(=O)CNC(=O)c1ccccc1I)C12CC3CC(CC(C3)C1)C2. The van der Waals surface area contributed by atoms with E-state index in [1.807, 2.05) is 18.2 Å². The highest BCUT2D eigenvalue weighted by Crippen LogP contribution is 2.61. The van der Waals surface area contributed by atoms with Gasteiger partial charge in [-0.2, -0.15) is 0 Å². The maximum atomic E-state index is 12.4. The Morgan fingerprint density at radius 2 is 1.69 bits per heavy atom. The van der Waals surface area contributed by atoms with Crippen molar-refractivity contribution in [3.05, 3.63) is 33.4 Å². The first kappa shape index (κ1) is 18.3. The zero-order valence-electron chi connectivity index (χ0n) is 15.3. The number of carbonyl (C=O) groups excluding carboxylic acids is 2. The van der Waals surface area contributed by atoms with Crippen LogP contribution in [0.4, 0.5) is 0 Å². The number of nitrogens with one attached hydrogen (secondary N) is 2. The first-order valence-corrected chi connectivity index (χ1v) is 10.9. The van der Waals surface area contributed by atoms with Crippen molar-refractivity contribution in [3.8, 4) is 0 Å². The van der Waals surface area contributed by atoms with Gasteiger partial charge in [0.05, 0.1) is 12.1 Å². The molecule has 2 amide bonds. The molecule has 5 heteroatoms. The van der Waals surface area contributed by atoms with E-state index < -0.39 is 0 Å². The Morgan fingerprint density at radius 1 is 1.12 bits per heavy atom. The van der Waals surface area contributed by atoms with Gasteiger partial charge < -0.3 is 10.6 Å². The topological polar surface area (TPSA) is 58.2 Å². The van der Waals surface area contributed by atoms with E-state index in [-0.39, 0.29) is 24.4 Å². The minimum atomic E-state index is -0.187. The van der Waals surface area contributed by atoms with Gasteiger partial charge in [-0.25, -0.2) is 0 Å². The summed E-state index contributed by atoms with van der Waals surface area (Å²) in [6.45, 7) is 2.22. The van der Waals surface area contributed by atoms with E-state index in [0.717, 1.165) is 21.3 Å². The second-order valence-electron chi connectivity index (χ2n) is 8.73. The quantitative estimate of drug-likeness (QED) is 0.650. The van der Waals surface area contributed by atoms with Crippen LogP contribution in [-0.2, 0) is 4.79 Å². The van der Waals surface area contributed by atoms with Crippen molar-refractivity contribution in [2.75, 3.05) is 6.54 Å². The van der Waals surface area contributed by atoms with E-state index in [9.17, 15) is 9.59 Å². The highest BCUT2D eigenvalue weighted by molar-refractivity contribution is 14.1. The van der Waals surface area contributed by atoms with Gasteiger partial charge in [-0.05, 0) is 103 Å². The van der Waals surface area contributed by atoms with Crippen molar-refractivity contribution >= 4 is 34.4 Å². The summed E-state index contributed by atoms with van der Waals surface area (Å²) < 4.78 is 0.893. The third-order valence-electron chi connectivity index (χ3n) is 6.91. The van der Waals surface area contributed by atoms with E-state index in [1.54, 1.807) is 6.07 Å². The van der Waals surface area contributed by atoms with Crippen LogP contribution < -0.4 is 10.6 Å². The van der Waals surface area contributed by atoms with E-state index >= 15 is 0 Å². The van der Waals surface area contributed by atoms with Gasteiger partial charge in [0.15, 0.2) is 0 Å². The minimum Gasteiger partial charge on any atom is -0.352 e. The van der Waals surface area contributed by atoms with Crippen LogP contribution in [0.15, 0.2) is 24.3 Å². The second-order valence-corrected chi connectivity index (χ2v) is 9.89. The summed E-state index contributed by atoms with van der Waals surface area (Å²) in [5.41, 5.74) is 0.915. The maximum Gasteiger partial charge on any atom is 0.252 e. The molecule has 0 aromatic heterocycles. The molecule has 1 atom stereocenters. The molecule has 1 aromatic rings. The molecule has 0 saturated heterocycles. The molecule has 0 aliphatic heterocycles. The molecule has 0 radical (unpaired) electrons. The molecule has 26 heavy (non-hydrogen) atoms. The van der Waals surface area contributed by atoms with Crippen molar-refractivity contribution in [1.82, 2.24) is 10.6 Å². The Kier molecular flexibility index (Phi) is 5.01. The van der Waals surface area contributed by atoms with Crippen LogP contribution in [0.3, 0.4) is 0 Å². The molecule has 5 rings (SSSR count). The molecule has 1 aromatic carbocycles. The number of halogens is 1. The summed E-state index contributed by atoms with van der Waals surface area (Å²) in [6.07, 6.45) is 8.04. The van der Waals surface area contributed by atoms with E-state index in [1.165, 1.54) is 38.5 Å². The molecular formula is C21H27IN2O2. The van der Waals surface area contributed by atoms with Crippen molar-refractivity contribution < 1.29 is 9.59 Å². The Morgan fingerprint density at radius 3 is 2.27 bits per heavy atom. The van der Waals surface area contributed by atoms with Gasteiger partial charge >= 0.3 is 0 Å². The minimum absolute atomic E-state index is 0.0422. The average molecular weight is 466 g/mol. The molecule has 0 heterocycles. The van der Waals surface area contributed by atoms with Gasteiger partial charge in [-0.15, -0.1) is 0 Å². The lowest BCUT2D eigenvalue weighted by molar-refractivity contribution is -0.124. The zero-order chi connectivity index (χ0) is 18.3. The molecule has 4 saturated carbocycles. The predicted molar refractivity (Wildman–Crippen MR) is 110 cm³/mol. The molecule has 0 spiro atoms. The van der Waals surface area contributed by atoms with Crippen molar-refractivity contribution in [1.29, 1.82) is 0 Å². The van der Waals surface area contributed by atoms with Crippen molar-refractivity contribution in [2.45, 2.75) is 51.5 Å². The number of hydrogen-bond donors (Lipinski definition) is 2. The Bertz CT molecular complexity index is 682. The number of benzene rings is 1. The lowest BCUT2D eigenvalue weighted by atomic mass is 9.48. The van der Waals surface area contributed by atoms with Crippen LogP contribution >= 0.6 is 22.6 Å². The van der Waals surface area contributed by atoms with Gasteiger partial charge in [0, 0.05) is 9.61 Å². The third kappa shape index (κ3) is 3.51. The zero-order valence-corrected chi connectivity index (χ0v) is 17.4. The molecule has 1 unspecified atom stereocenters. The van der Waals surface area contributed by atoms with E-state index in [2.05, 4.69) is 40.1 Å². The van der Waals surface area contributed by atoms with Crippen LogP contribution in [0, 0.1) is 26.7 Å². The fraction of sp³-hybridized carbons (Fsp3) is 0.619. The summed E-state index contributed by atoms with van der Waals surface area (Å²) >= 11 is 2.14. The summed E-state index contributed by atoms with van der Waals surface area (Å²) in [5, 5.41) is 5.97. The highest BCUT2D eigenvalue weighted by Gasteiger charge is 2.53. The molecule has 4 bridgehead atoms. The van der Waals surface area contributed by atoms with Crippen molar-refractivity contribution in [3.63, 3.8) is 0 Å². The van der Waals surface area contributed by atoms with Crippen molar-refractivity contribution in [2.24, 2.45) is 23.2 Å². The van der Waals surface area contributed by atoms with Crippen LogP contribution in [0.1, 0.15) is 55.8 Å². The smallest absolute Gasteiger partial charge is 0.252 e. The fourth-order valence-corrected chi connectivity index (χ4v) is 6.69. The van der Waals surface area contributed by atoms with Gasteiger partial charge in [0.1, 0.15) is 0 Å². The predicted octanol–water partition coefficient (Wildman–Crippen LogP) is 3.74. The first-order chi connectivity index (χ1) is 12.4. The Balaban J connectivity index is 1.32. The number of carbonyl (C=O) groups is 2. The monoisotopic (exact) mass is 466 g/mol. The van der Waals surface area contributed by atoms with Crippen LogP contribution in [0.5, 0.6) is 0 Å². The van der Waals surface area contributed by atoms with Crippen LogP contribution in [0.2, 0.25) is 0 Å². The first-order valence-electron chi connectivity index (χ1n) is 9.77. The molecule has 2 N–H and O–H groups in total. The number of rotatable bonds is 5. The number of hydrogen-bond acceptors (Lipinski definition) is 2. The highest BCUT2D eigenvalue weighted by atomic mass is 127. The molecule has 4 aliphatic rings. The summed E-state index contributed by atoms with van der Waals surface area (Å²) in [5.74, 6) is 2.36. The largest absolute Gasteiger partial charge is 0.352 e. The molecule has 4 fully saturated rings. The number of amides is 2. The van der Waals surface area contributed by atoms with E-state index in [0.29, 0.717) is 11.0 Å². The molecule has 4 nitrogen and oxygen atoms in total.